The molecule has 0 atom stereocenters. The number of hydrogen-bond donors (Lipinski definition) is 2. The van der Waals surface area contributed by atoms with Crippen molar-refractivity contribution in [1.82, 2.24) is 15.3 Å². The number of nitrogens with one attached hydrogen (secondary N) is 2. The van der Waals surface area contributed by atoms with Crippen molar-refractivity contribution in [1.29, 1.82) is 0 Å². The van der Waals surface area contributed by atoms with E-state index < -0.39 is 0 Å². The Bertz CT molecular complexity index is 609. The Hall–Kier alpha value is -2.37. The summed E-state index contributed by atoms with van der Waals surface area (Å²) >= 11 is 0. The lowest BCUT2D eigenvalue weighted by atomic mass is 10.2. The standard InChI is InChI=1S/C18H22N4O/c23-18(19-17-9-5-2-6-10-17)20-22-13-11-21(12-14-22)15-16-7-3-1-4-8-16/h1-10H,11-15H2,(H2,19,20,23). The smallest absolute Gasteiger partial charge is 0.307 e. The molecule has 23 heavy (non-hydrogen) atoms. The highest BCUT2D eigenvalue weighted by Gasteiger charge is 2.18. The van der Waals surface area contributed by atoms with E-state index in [0.717, 1.165) is 38.4 Å². The Morgan fingerprint density at radius 3 is 2.13 bits per heavy atom. The minimum absolute atomic E-state index is 0.187. The molecule has 2 aromatic carbocycles. The fourth-order valence-corrected chi connectivity index (χ4v) is 2.68. The molecule has 0 radical (unpaired) electrons. The first-order valence-electron chi connectivity index (χ1n) is 7.93. The average Bonchev–Trinajstić information content (AvgIpc) is 2.58. The summed E-state index contributed by atoms with van der Waals surface area (Å²) in [6.45, 7) is 4.51. The van der Waals surface area contributed by atoms with E-state index in [1.165, 1.54) is 5.56 Å². The maximum Gasteiger partial charge on any atom is 0.333 e. The first-order valence-corrected chi connectivity index (χ1v) is 7.93. The van der Waals surface area contributed by atoms with Gasteiger partial charge in [-0.2, -0.15) is 0 Å². The maximum absolute atomic E-state index is 12.0. The van der Waals surface area contributed by atoms with Crippen LogP contribution in [0.1, 0.15) is 5.56 Å². The number of carbonyl (C=O) groups is 1. The third kappa shape index (κ3) is 4.81. The molecule has 1 saturated heterocycles. The van der Waals surface area contributed by atoms with E-state index in [0.29, 0.717) is 0 Å². The largest absolute Gasteiger partial charge is 0.333 e. The fraction of sp³-hybridized carbons (Fsp3) is 0.278. The first kappa shape index (κ1) is 15.5. The lowest BCUT2D eigenvalue weighted by Crippen LogP contribution is -2.54. The molecule has 120 valence electrons. The van der Waals surface area contributed by atoms with Gasteiger partial charge in [0.1, 0.15) is 0 Å². The Balaban J connectivity index is 1.41. The third-order valence-corrected chi connectivity index (χ3v) is 3.91. The number of urea groups is 1. The lowest BCUT2D eigenvalue weighted by Gasteiger charge is -2.34. The Kier molecular flexibility index (Phi) is 5.24. The number of anilines is 1. The molecule has 1 fully saturated rings. The quantitative estimate of drug-likeness (QED) is 0.912. The molecular weight excluding hydrogens is 288 g/mol. The van der Waals surface area contributed by atoms with Crippen LogP contribution >= 0.6 is 0 Å². The van der Waals surface area contributed by atoms with Gasteiger partial charge in [0.05, 0.1) is 0 Å². The zero-order chi connectivity index (χ0) is 15.9. The third-order valence-electron chi connectivity index (χ3n) is 3.91. The van der Waals surface area contributed by atoms with Gasteiger partial charge in [-0.3, -0.25) is 10.3 Å². The molecule has 2 N–H and O–H groups in total. The molecule has 2 aromatic rings. The van der Waals surface area contributed by atoms with Crippen molar-refractivity contribution in [2.75, 3.05) is 31.5 Å². The molecule has 0 saturated carbocycles. The molecule has 0 aromatic heterocycles. The molecule has 0 aliphatic carbocycles. The van der Waals surface area contributed by atoms with E-state index in [4.69, 9.17) is 0 Å². The number of rotatable bonds is 4. The average molecular weight is 310 g/mol. The van der Waals surface area contributed by atoms with Crippen LogP contribution in [0.2, 0.25) is 0 Å². The maximum atomic E-state index is 12.0. The van der Waals surface area contributed by atoms with Crippen LogP contribution in [0.5, 0.6) is 0 Å². The SMILES string of the molecule is O=C(Nc1ccccc1)NN1CCN(Cc2ccccc2)CC1. The van der Waals surface area contributed by atoms with Crippen LogP contribution in [0.15, 0.2) is 60.7 Å². The van der Waals surface area contributed by atoms with Crippen LogP contribution in [0.25, 0.3) is 0 Å². The van der Waals surface area contributed by atoms with Crippen molar-refractivity contribution in [2.45, 2.75) is 6.54 Å². The van der Waals surface area contributed by atoms with Crippen molar-refractivity contribution in [3.05, 3.63) is 66.2 Å². The summed E-state index contributed by atoms with van der Waals surface area (Å²) in [5, 5.41) is 4.81. The van der Waals surface area contributed by atoms with Crippen LogP contribution < -0.4 is 10.7 Å². The summed E-state index contributed by atoms with van der Waals surface area (Å²) in [7, 11) is 0. The van der Waals surface area contributed by atoms with E-state index in [-0.39, 0.29) is 6.03 Å². The monoisotopic (exact) mass is 310 g/mol. The summed E-state index contributed by atoms with van der Waals surface area (Å²) < 4.78 is 0. The van der Waals surface area contributed by atoms with E-state index >= 15 is 0 Å². The van der Waals surface area contributed by atoms with Gasteiger partial charge in [0, 0.05) is 38.4 Å². The first-order chi connectivity index (χ1) is 11.3. The minimum atomic E-state index is -0.187. The van der Waals surface area contributed by atoms with Crippen molar-refractivity contribution in [3.63, 3.8) is 0 Å². The lowest BCUT2D eigenvalue weighted by molar-refractivity contribution is 0.0968. The molecule has 0 spiro atoms. The Labute approximate surface area is 136 Å². The molecule has 5 nitrogen and oxygen atoms in total. The predicted molar refractivity (Wildman–Crippen MR) is 91.9 cm³/mol. The molecule has 5 heteroatoms. The number of hydrazine groups is 1. The van der Waals surface area contributed by atoms with Crippen LogP contribution in [0.4, 0.5) is 10.5 Å². The highest BCUT2D eigenvalue weighted by atomic mass is 16.2. The predicted octanol–water partition coefficient (Wildman–Crippen LogP) is 2.54. The van der Waals surface area contributed by atoms with Gasteiger partial charge in [-0.25, -0.2) is 9.80 Å². The van der Waals surface area contributed by atoms with Gasteiger partial charge in [0.2, 0.25) is 0 Å². The molecule has 0 bridgehead atoms. The molecule has 0 unspecified atom stereocenters. The van der Waals surface area contributed by atoms with Gasteiger partial charge in [-0.15, -0.1) is 0 Å². The van der Waals surface area contributed by atoms with E-state index in [9.17, 15) is 4.79 Å². The molecule has 1 aliphatic heterocycles. The minimum Gasteiger partial charge on any atom is -0.307 e. The number of hydrogen-bond acceptors (Lipinski definition) is 3. The van der Waals surface area contributed by atoms with E-state index in [1.54, 1.807) is 0 Å². The molecule has 2 amide bonds. The summed E-state index contributed by atoms with van der Waals surface area (Å²) in [4.78, 5) is 14.4. The highest BCUT2D eigenvalue weighted by Crippen LogP contribution is 2.08. The fourth-order valence-electron chi connectivity index (χ4n) is 2.68. The number of piperazine rings is 1. The van der Waals surface area contributed by atoms with Crippen LogP contribution in [-0.2, 0) is 6.54 Å². The van der Waals surface area contributed by atoms with Crippen molar-refractivity contribution in [3.8, 4) is 0 Å². The van der Waals surface area contributed by atoms with Crippen molar-refractivity contribution < 1.29 is 4.79 Å². The number of benzene rings is 2. The molecule has 3 rings (SSSR count). The highest BCUT2D eigenvalue weighted by molar-refractivity contribution is 5.88. The molecule has 1 heterocycles. The van der Waals surface area contributed by atoms with Gasteiger partial charge < -0.3 is 5.32 Å². The Morgan fingerprint density at radius 1 is 0.870 bits per heavy atom. The Morgan fingerprint density at radius 2 is 1.48 bits per heavy atom. The number of amides is 2. The van der Waals surface area contributed by atoms with Gasteiger partial charge >= 0.3 is 6.03 Å². The number of nitrogens with zero attached hydrogens (tertiary/aromatic N) is 2. The van der Waals surface area contributed by atoms with Crippen LogP contribution in [0.3, 0.4) is 0 Å². The van der Waals surface area contributed by atoms with Gasteiger partial charge in [0.15, 0.2) is 0 Å². The van der Waals surface area contributed by atoms with Crippen LogP contribution in [-0.4, -0.2) is 42.1 Å². The number of carbonyl (C=O) groups excluding carboxylic acids is 1. The van der Waals surface area contributed by atoms with Gasteiger partial charge in [-0.05, 0) is 17.7 Å². The molecule has 1 aliphatic rings. The summed E-state index contributed by atoms with van der Waals surface area (Å²) in [5.41, 5.74) is 5.04. The second-order valence-electron chi connectivity index (χ2n) is 5.68. The van der Waals surface area contributed by atoms with E-state index in [1.807, 2.05) is 41.4 Å². The van der Waals surface area contributed by atoms with Gasteiger partial charge in [-0.1, -0.05) is 48.5 Å². The topological polar surface area (TPSA) is 47.6 Å². The van der Waals surface area contributed by atoms with Crippen molar-refractivity contribution in [2.24, 2.45) is 0 Å². The van der Waals surface area contributed by atoms with E-state index in [2.05, 4.69) is 39.9 Å². The van der Waals surface area contributed by atoms with Crippen molar-refractivity contribution >= 4 is 11.7 Å². The summed E-state index contributed by atoms with van der Waals surface area (Å²) in [6.07, 6.45) is 0. The van der Waals surface area contributed by atoms with Gasteiger partial charge in [0.25, 0.3) is 0 Å². The second kappa shape index (κ2) is 7.76. The zero-order valence-corrected chi connectivity index (χ0v) is 13.1. The zero-order valence-electron chi connectivity index (χ0n) is 13.1. The summed E-state index contributed by atoms with van der Waals surface area (Å²) in [6, 6.07) is 19.8. The number of para-hydroxylation sites is 1. The van der Waals surface area contributed by atoms with Crippen LogP contribution in [0, 0.1) is 0 Å². The normalized spacial score (nSPS) is 16.0. The summed E-state index contributed by atoms with van der Waals surface area (Å²) in [5.74, 6) is 0. The second-order valence-corrected chi connectivity index (χ2v) is 5.68. The molecular formula is C18H22N4O.